The summed E-state index contributed by atoms with van der Waals surface area (Å²) in [6, 6.07) is 9.29. The van der Waals surface area contributed by atoms with E-state index in [2.05, 4.69) is 19.5 Å². The van der Waals surface area contributed by atoms with Gasteiger partial charge in [-0.15, -0.1) is 0 Å². The van der Waals surface area contributed by atoms with Crippen LogP contribution in [0.2, 0.25) is 0 Å². The highest BCUT2D eigenvalue weighted by molar-refractivity contribution is 5.86. The van der Waals surface area contributed by atoms with Crippen molar-refractivity contribution in [2.45, 2.75) is 70.0 Å². The van der Waals surface area contributed by atoms with Crippen LogP contribution in [0.4, 0.5) is 20.4 Å². The highest BCUT2D eigenvalue weighted by Gasteiger charge is 2.75. The zero-order valence-electron chi connectivity index (χ0n) is 21.5. The van der Waals surface area contributed by atoms with E-state index in [4.69, 9.17) is 20.9 Å². The Balaban J connectivity index is 1.19. The fourth-order valence-electron chi connectivity index (χ4n) is 6.98. The second-order valence-electron chi connectivity index (χ2n) is 11.6. The molecule has 1 unspecified atom stereocenters. The Morgan fingerprint density at radius 2 is 1.92 bits per heavy atom. The van der Waals surface area contributed by atoms with Gasteiger partial charge in [-0.2, -0.15) is 0 Å². The number of aromatic nitrogens is 4. The van der Waals surface area contributed by atoms with Crippen molar-refractivity contribution in [1.82, 2.24) is 19.5 Å². The largest absolute Gasteiger partial charge is 0.383 e. The van der Waals surface area contributed by atoms with Crippen molar-refractivity contribution < 1.29 is 18.3 Å². The first-order chi connectivity index (χ1) is 18.0. The first kappa shape index (κ1) is 23.7. The van der Waals surface area contributed by atoms with E-state index >= 15 is 0 Å². The molecular formula is C28H30F2N6O2. The number of hydrogen-bond donors (Lipinski definition) is 2. The third-order valence-corrected chi connectivity index (χ3v) is 8.75. The van der Waals surface area contributed by atoms with Crippen LogP contribution in [-0.2, 0) is 21.8 Å². The van der Waals surface area contributed by atoms with Crippen LogP contribution in [0.15, 0.2) is 42.9 Å². The summed E-state index contributed by atoms with van der Waals surface area (Å²) in [5.41, 5.74) is 14.2. The number of ether oxygens (including phenoxy) is 2. The zero-order valence-corrected chi connectivity index (χ0v) is 21.5. The molecule has 8 nitrogen and oxygen atoms in total. The first-order valence-corrected chi connectivity index (χ1v) is 13.0. The lowest BCUT2D eigenvalue weighted by atomic mass is 9.91. The van der Waals surface area contributed by atoms with Crippen molar-refractivity contribution in [3.05, 3.63) is 54.0 Å². The number of benzene rings is 1. The van der Waals surface area contributed by atoms with E-state index in [0.717, 1.165) is 42.8 Å². The molecule has 1 aromatic carbocycles. The first-order valence-electron chi connectivity index (χ1n) is 13.0. The number of anilines is 2. The molecule has 3 fully saturated rings. The van der Waals surface area contributed by atoms with E-state index < -0.39 is 11.7 Å². The van der Waals surface area contributed by atoms with Gasteiger partial charge in [0.25, 0.3) is 5.92 Å². The molecule has 5 atom stereocenters. The van der Waals surface area contributed by atoms with E-state index in [0.29, 0.717) is 22.6 Å². The van der Waals surface area contributed by atoms with Crippen LogP contribution in [0.3, 0.4) is 0 Å². The molecule has 3 aliphatic rings. The third-order valence-electron chi connectivity index (χ3n) is 8.75. The number of nitrogens with two attached hydrogens (primary N) is 2. The molecule has 1 saturated heterocycles. The van der Waals surface area contributed by atoms with E-state index in [9.17, 15) is 8.78 Å². The van der Waals surface area contributed by atoms with Crippen molar-refractivity contribution >= 4 is 33.6 Å². The number of fused-ring (bicyclic) bond motifs is 5. The van der Waals surface area contributed by atoms with Gasteiger partial charge in [0.15, 0.2) is 5.79 Å². The highest BCUT2D eigenvalue weighted by atomic mass is 19.3. The molecule has 38 heavy (non-hydrogen) atoms. The van der Waals surface area contributed by atoms with Crippen molar-refractivity contribution in [2.75, 3.05) is 11.5 Å². The molecule has 2 saturated carbocycles. The summed E-state index contributed by atoms with van der Waals surface area (Å²) < 4.78 is 43.0. The lowest BCUT2D eigenvalue weighted by Gasteiger charge is -2.24. The smallest absolute Gasteiger partial charge is 0.274 e. The van der Waals surface area contributed by atoms with Gasteiger partial charge in [0.1, 0.15) is 29.7 Å². The Hall–Kier alpha value is -3.37. The number of halogens is 2. The summed E-state index contributed by atoms with van der Waals surface area (Å²) in [5, 5.41) is 1.49. The van der Waals surface area contributed by atoms with Crippen molar-refractivity contribution in [3.8, 4) is 0 Å². The van der Waals surface area contributed by atoms with Gasteiger partial charge >= 0.3 is 0 Å². The topological polar surface area (TPSA) is 114 Å². The molecule has 2 aliphatic carbocycles. The van der Waals surface area contributed by atoms with Gasteiger partial charge in [0, 0.05) is 23.9 Å². The molecule has 4 aromatic rings. The number of hydrogen-bond acceptors (Lipinski definition) is 7. The molecule has 10 heteroatoms. The zero-order chi connectivity index (χ0) is 26.6. The standard InChI is InChI=1S/C28H30F2N6O2/c1-26(2)37-21-20(36-9-7-16-23(31)33-13-34-25(16)36)18-12-28(18,22(21)38-26)8-6-14-4-5-15-11-17(27(3,29)30)24(32)35-19(15)10-14/h4-5,7,9-11,13,18,20-22H,6,8,12H2,1-3H3,(H2,32,35)(H2,31,33,34)/t18-,20-,21+,22+,28?/m1/s1. The molecule has 4 heterocycles. The molecule has 0 radical (unpaired) electrons. The molecule has 0 amide bonds. The predicted molar refractivity (Wildman–Crippen MR) is 139 cm³/mol. The van der Waals surface area contributed by atoms with Gasteiger partial charge in [-0.05, 0) is 62.8 Å². The number of rotatable bonds is 5. The van der Waals surface area contributed by atoms with Crippen LogP contribution in [0.1, 0.15) is 50.8 Å². The van der Waals surface area contributed by atoms with E-state index in [1.807, 2.05) is 44.3 Å². The maximum absolute atomic E-state index is 13.9. The summed E-state index contributed by atoms with van der Waals surface area (Å²) in [5.74, 6) is -3.00. The Morgan fingerprint density at radius 3 is 2.71 bits per heavy atom. The second-order valence-corrected chi connectivity index (χ2v) is 11.6. The summed E-state index contributed by atoms with van der Waals surface area (Å²) in [7, 11) is 0. The number of nitrogen functional groups attached to an aromatic ring is 2. The summed E-state index contributed by atoms with van der Waals surface area (Å²) in [6.45, 7) is 4.77. The van der Waals surface area contributed by atoms with Crippen molar-refractivity contribution in [2.24, 2.45) is 11.3 Å². The fourth-order valence-corrected chi connectivity index (χ4v) is 6.98. The number of nitrogens with zero attached hydrogens (tertiary/aromatic N) is 4. The van der Waals surface area contributed by atoms with Crippen LogP contribution < -0.4 is 11.5 Å². The van der Waals surface area contributed by atoms with Crippen LogP contribution in [0.25, 0.3) is 21.9 Å². The van der Waals surface area contributed by atoms with Crippen molar-refractivity contribution in [1.29, 1.82) is 0 Å². The Bertz CT molecular complexity index is 1600. The summed E-state index contributed by atoms with van der Waals surface area (Å²) in [4.78, 5) is 13.0. The number of alkyl halides is 2. The maximum atomic E-state index is 13.9. The Morgan fingerprint density at radius 1 is 1.11 bits per heavy atom. The van der Waals surface area contributed by atoms with Gasteiger partial charge in [0.2, 0.25) is 0 Å². The molecule has 3 aromatic heterocycles. The minimum Gasteiger partial charge on any atom is -0.383 e. The van der Waals surface area contributed by atoms with Gasteiger partial charge in [-0.3, -0.25) is 0 Å². The van der Waals surface area contributed by atoms with E-state index in [1.165, 1.54) is 12.4 Å². The number of aryl methyl sites for hydroxylation is 1. The van der Waals surface area contributed by atoms with Crippen LogP contribution in [0, 0.1) is 11.3 Å². The third kappa shape index (κ3) is 3.42. The second kappa shape index (κ2) is 7.60. The van der Waals surface area contributed by atoms with Gasteiger partial charge < -0.3 is 25.5 Å². The van der Waals surface area contributed by atoms with Crippen LogP contribution >= 0.6 is 0 Å². The average Bonchev–Trinajstić information content (AvgIpc) is 3.09. The summed E-state index contributed by atoms with van der Waals surface area (Å²) >= 11 is 0. The number of pyridine rings is 1. The van der Waals surface area contributed by atoms with Gasteiger partial charge in [0.05, 0.1) is 28.6 Å². The quantitative estimate of drug-likeness (QED) is 0.382. The molecule has 4 N–H and O–H groups in total. The molecular weight excluding hydrogens is 490 g/mol. The predicted octanol–water partition coefficient (Wildman–Crippen LogP) is 4.97. The minimum absolute atomic E-state index is 0.0200. The molecule has 1 aliphatic heterocycles. The maximum Gasteiger partial charge on any atom is 0.274 e. The lowest BCUT2D eigenvalue weighted by molar-refractivity contribution is -0.161. The Labute approximate surface area is 218 Å². The fraction of sp³-hybridized carbons (Fsp3) is 0.464. The molecule has 7 rings (SSSR count). The molecule has 0 spiro atoms. The minimum atomic E-state index is -3.04. The van der Waals surface area contributed by atoms with Gasteiger partial charge in [-0.1, -0.05) is 12.1 Å². The highest BCUT2D eigenvalue weighted by Crippen LogP contribution is 2.73. The molecule has 0 bridgehead atoms. The van der Waals surface area contributed by atoms with Crippen LogP contribution in [0.5, 0.6) is 0 Å². The molecule has 198 valence electrons. The Kier molecular flexibility index (Phi) is 4.75. The van der Waals surface area contributed by atoms with Crippen molar-refractivity contribution in [3.63, 3.8) is 0 Å². The van der Waals surface area contributed by atoms with E-state index in [-0.39, 0.29) is 35.0 Å². The average molecular weight is 521 g/mol. The lowest BCUT2D eigenvalue weighted by Crippen LogP contribution is -2.32. The summed E-state index contributed by atoms with van der Waals surface area (Å²) in [6.07, 6.45) is 6.16. The monoisotopic (exact) mass is 520 g/mol. The SMILES string of the molecule is CC1(C)O[C@H]2[C@H](n3ccc4c(N)ncnc43)[C@H]3CC3(CCc3ccc4cc(C(C)(F)F)c(N)nc4c3)[C@H]2O1. The van der Waals surface area contributed by atoms with E-state index in [1.54, 1.807) is 0 Å². The normalized spacial score (nSPS) is 29.6. The van der Waals surface area contributed by atoms with Crippen LogP contribution in [-0.4, -0.2) is 37.5 Å². The van der Waals surface area contributed by atoms with Gasteiger partial charge in [-0.25, -0.2) is 23.7 Å².